The number of carbonyl (C=O) groups is 1. The first-order valence-corrected chi connectivity index (χ1v) is 11.1. The van der Waals surface area contributed by atoms with E-state index in [1.54, 1.807) is 42.7 Å². The molecule has 0 aliphatic carbocycles. The Bertz CT molecular complexity index is 1580. The van der Waals surface area contributed by atoms with E-state index in [-0.39, 0.29) is 5.75 Å². The molecule has 0 fully saturated rings. The van der Waals surface area contributed by atoms with Gasteiger partial charge < -0.3 is 26.5 Å². The zero-order valence-corrected chi connectivity index (χ0v) is 19.3. The summed E-state index contributed by atoms with van der Waals surface area (Å²) in [6.45, 7) is 0. The normalized spacial score (nSPS) is 11.8. The third-order valence-electron chi connectivity index (χ3n) is 5.97. The number of pyridine rings is 1. The molecule has 2 aromatic heterocycles. The van der Waals surface area contributed by atoms with Crippen molar-refractivity contribution in [2.75, 3.05) is 18.2 Å². The molecule has 0 bridgehead atoms. The molecule has 180 valence electrons. The standard InChI is InChI=1S/C27H23FN6O2/c1-36-23-13-16(6-9-21(23)28)24(33-17-7-8-18-15(12-17)10-11-31-25(18)29)27-32-14-22(34-27)19-4-2-3-5-20(19)26(30)35/h2-14,24,33H,1H3,(H2,29,31)(H2,30,35)(H,32,34). The van der Waals surface area contributed by atoms with E-state index in [2.05, 4.69) is 20.3 Å². The van der Waals surface area contributed by atoms with Crippen molar-refractivity contribution in [3.8, 4) is 17.0 Å². The van der Waals surface area contributed by atoms with E-state index in [0.717, 1.165) is 16.5 Å². The second-order valence-electron chi connectivity index (χ2n) is 8.20. The Balaban J connectivity index is 1.59. The molecule has 1 amide bonds. The van der Waals surface area contributed by atoms with Gasteiger partial charge in [0.2, 0.25) is 5.91 Å². The number of amides is 1. The van der Waals surface area contributed by atoms with Crippen LogP contribution in [0.3, 0.4) is 0 Å². The lowest BCUT2D eigenvalue weighted by molar-refractivity contribution is 0.100. The van der Waals surface area contributed by atoms with Gasteiger partial charge in [0.05, 0.1) is 19.0 Å². The maximum atomic E-state index is 14.2. The summed E-state index contributed by atoms with van der Waals surface area (Å²) in [7, 11) is 1.41. The van der Waals surface area contributed by atoms with E-state index in [1.165, 1.54) is 13.2 Å². The molecule has 1 unspecified atom stereocenters. The summed E-state index contributed by atoms with van der Waals surface area (Å²) in [5, 5.41) is 5.23. The number of nitrogens with one attached hydrogen (secondary N) is 2. The van der Waals surface area contributed by atoms with Crippen LogP contribution in [0.4, 0.5) is 15.9 Å². The molecule has 5 aromatic rings. The van der Waals surface area contributed by atoms with Crippen molar-refractivity contribution in [2.45, 2.75) is 6.04 Å². The number of benzene rings is 3. The van der Waals surface area contributed by atoms with Crippen LogP contribution in [0.15, 0.2) is 79.1 Å². The molecule has 0 saturated carbocycles. The van der Waals surface area contributed by atoms with Crippen molar-refractivity contribution < 1.29 is 13.9 Å². The first kappa shape index (κ1) is 22.9. The topological polar surface area (TPSA) is 132 Å². The Morgan fingerprint density at radius 2 is 1.92 bits per heavy atom. The number of primary amides is 1. The number of ether oxygens (including phenoxy) is 1. The van der Waals surface area contributed by atoms with Crippen LogP contribution < -0.4 is 21.5 Å². The number of carbonyl (C=O) groups excluding carboxylic acids is 1. The van der Waals surface area contributed by atoms with Crippen molar-refractivity contribution in [3.63, 3.8) is 0 Å². The van der Waals surface area contributed by atoms with Crippen LogP contribution in [-0.4, -0.2) is 28.0 Å². The smallest absolute Gasteiger partial charge is 0.249 e. The number of nitrogens with two attached hydrogens (primary N) is 2. The molecule has 9 heteroatoms. The lowest BCUT2D eigenvalue weighted by atomic mass is 10.0. The minimum absolute atomic E-state index is 0.113. The van der Waals surface area contributed by atoms with E-state index in [1.807, 2.05) is 30.3 Å². The number of aromatic amines is 1. The van der Waals surface area contributed by atoms with E-state index in [9.17, 15) is 9.18 Å². The Kier molecular flexibility index (Phi) is 5.95. The summed E-state index contributed by atoms with van der Waals surface area (Å²) in [6.07, 6.45) is 3.29. The van der Waals surface area contributed by atoms with Gasteiger partial charge in [0.1, 0.15) is 17.7 Å². The molecule has 8 nitrogen and oxygen atoms in total. The van der Waals surface area contributed by atoms with Crippen molar-refractivity contribution in [1.82, 2.24) is 15.0 Å². The van der Waals surface area contributed by atoms with E-state index >= 15 is 0 Å². The average molecular weight is 483 g/mol. The fourth-order valence-electron chi connectivity index (χ4n) is 4.18. The molecule has 2 heterocycles. The lowest BCUT2D eigenvalue weighted by Gasteiger charge is -2.20. The number of fused-ring (bicyclic) bond motifs is 1. The number of nitrogens with zero attached hydrogens (tertiary/aromatic N) is 2. The zero-order chi connectivity index (χ0) is 25.2. The third kappa shape index (κ3) is 4.29. The van der Waals surface area contributed by atoms with Crippen molar-refractivity contribution in [1.29, 1.82) is 0 Å². The summed E-state index contributed by atoms with van der Waals surface area (Å²) in [4.78, 5) is 24.0. The summed E-state index contributed by atoms with van der Waals surface area (Å²) in [5.74, 6) is 0.103. The second kappa shape index (κ2) is 9.38. The van der Waals surface area contributed by atoms with Gasteiger partial charge >= 0.3 is 0 Å². The number of H-pyrrole nitrogens is 1. The van der Waals surface area contributed by atoms with Crippen LogP contribution in [0.2, 0.25) is 0 Å². The monoisotopic (exact) mass is 482 g/mol. The molecule has 36 heavy (non-hydrogen) atoms. The maximum absolute atomic E-state index is 14.2. The third-order valence-corrected chi connectivity index (χ3v) is 5.97. The molecule has 5 rings (SSSR count). The number of nitrogen functional groups attached to an aromatic ring is 1. The number of imidazole rings is 1. The fraction of sp³-hybridized carbons (Fsp3) is 0.0741. The van der Waals surface area contributed by atoms with E-state index in [4.69, 9.17) is 16.2 Å². The van der Waals surface area contributed by atoms with Crippen LogP contribution in [0.25, 0.3) is 22.0 Å². The number of aromatic nitrogens is 3. The van der Waals surface area contributed by atoms with Gasteiger partial charge in [-0.15, -0.1) is 0 Å². The Morgan fingerprint density at radius 1 is 1.08 bits per heavy atom. The van der Waals surface area contributed by atoms with Gasteiger partial charge in [-0.25, -0.2) is 14.4 Å². The summed E-state index contributed by atoms with van der Waals surface area (Å²) >= 11 is 0. The first-order chi connectivity index (χ1) is 17.4. The molecule has 0 radical (unpaired) electrons. The predicted molar refractivity (Wildman–Crippen MR) is 137 cm³/mol. The summed E-state index contributed by atoms with van der Waals surface area (Å²) in [5.41, 5.74) is 14.7. The predicted octanol–water partition coefficient (Wildman–Crippen LogP) is 4.66. The number of methoxy groups -OCH3 is 1. The first-order valence-electron chi connectivity index (χ1n) is 11.1. The lowest BCUT2D eigenvalue weighted by Crippen LogP contribution is -2.15. The number of hydrogen-bond donors (Lipinski definition) is 4. The molecular formula is C27H23FN6O2. The van der Waals surface area contributed by atoms with E-state index in [0.29, 0.717) is 34.0 Å². The van der Waals surface area contributed by atoms with Gasteiger partial charge in [-0.2, -0.15) is 0 Å². The molecule has 1 atom stereocenters. The number of hydrogen-bond acceptors (Lipinski definition) is 6. The summed E-state index contributed by atoms with van der Waals surface area (Å²) < 4.78 is 19.4. The summed E-state index contributed by atoms with van der Waals surface area (Å²) in [6, 6.07) is 18.7. The SMILES string of the molecule is COc1cc(C(Nc2ccc3c(N)nccc3c2)c2ncc(-c3ccccc3C(N)=O)[nH]2)ccc1F. The highest BCUT2D eigenvalue weighted by atomic mass is 19.1. The van der Waals surface area contributed by atoms with Gasteiger partial charge in [-0.05, 0) is 53.4 Å². The van der Waals surface area contributed by atoms with Crippen LogP contribution in [0.5, 0.6) is 5.75 Å². The van der Waals surface area contributed by atoms with Gasteiger partial charge in [-0.1, -0.05) is 24.3 Å². The molecule has 6 N–H and O–H groups in total. The minimum atomic E-state index is -0.537. The van der Waals surface area contributed by atoms with E-state index < -0.39 is 17.8 Å². The Hall–Kier alpha value is -4.92. The van der Waals surface area contributed by atoms with Crippen LogP contribution in [0, 0.1) is 5.82 Å². The zero-order valence-electron chi connectivity index (χ0n) is 19.3. The minimum Gasteiger partial charge on any atom is -0.494 e. The number of rotatable bonds is 7. The molecule has 0 spiro atoms. The highest BCUT2D eigenvalue weighted by molar-refractivity contribution is 5.99. The van der Waals surface area contributed by atoms with Gasteiger partial charge in [-0.3, -0.25) is 4.79 Å². The van der Waals surface area contributed by atoms with Gasteiger partial charge in [0.25, 0.3) is 0 Å². The second-order valence-corrected chi connectivity index (χ2v) is 8.20. The van der Waals surface area contributed by atoms with Crippen LogP contribution in [-0.2, 0) is 0 Å². The average Bonchev–Trinajstić information content (AvgIpc) is 3.38. The largest absolute Gasteiger partial charge is 0.494 e. The quantitative estimate of drug-likeness (QED) is 0.267. The van der Waals surface area contributed by atoms with Crippen LogP contribution in [0.1, 0.15) is 27.8 Å². The van der Waals surface area contributed by atoms with Gasteiger partial charge in [0, 0.05) is 28.4 Å². The van der Waals surface area contributed by atoms with Crippen molar-refractivity contribution >= 4 is 28.2 Å². The Morgan fingerprint density at radius 3 is 2.72 bits per heavy atom. The molecule has 0 aliphatic rings. The highest BCUT2D eigenvalue weighted by Gasteiger charge is 2.21. The highest BCUT2D eigenvalue weighted by Crippen LogP contribution is 2.32. The fourth-order valence-corrected chi connectivity index (χ4v) is 4.18. The molecular weight excluding hydrogens is 459 g/mol. The van der Waals surface area contributed by atoms with Gasteiger partial charge in [0.15, 0.2) is 11.6 Å². The maximum Gasteiger partial charge on any atom is 0.249 e. The number of anilines is 2. The Labute approximate surface area is 206 Å². The van der Waals surface area contributed by atoms with Crippen molar-refractivity contribution in [3.05, 3.63) is 102 Å². The van der Waals surface area contributed by atoms with Crippen LogP contribution >= 0.6 is 0 Å². The molecule has 0 aliphatic heterocycles. The molecule has 0 saturated heterocycles. The molecule has 3 aromatic carbocycles. The number of halogens is 1. The van der Waals surface area contributed by atoms with Crippen molar-refractivity contribution in [2.24, 2.45) is 5.73 Å².